The van der Waals surface area contributed by atoms with Crippen LogP contribution < -0.4 is 5.73 Å². The smallest absolute Gasteiger partial charge is 0.223 e. The number of nitrogens with two attached hydrogens (primary N) is 1. The van der Waals surface area contributed by atoms with Crippen LogP contribution in [0.25, 0.3) is 0 Å². The Morgan fingerprint density at radius 2 is 1.73 bits per heavy atom. The van der Waals surface area contributed by atoms with E-state index in [1.165, 1.54) is 5.56 Å². The van der Waals surface area contributed by atoms with Crippen molar-refractivity contribution in [1.29, 1.82) is 0 Å². The number of rotatable bonds is 7. The van der Waals surface area contributed by atoms with Gasteiger partial charge >= 0.3 is 0 Å². The molecule has 0 aliphatic carbocycles. The Morgan fingerprint density at radius 1 is 1.12 bits per heavy atom. The van der Waals surface area contributed by atoms with E-state index in [2.05, 4.69) is 35.6 Å². The van der Waals surface area contributed by atoms with Crippen LogP contribution in [0.4, 0.5) is 0 Å². The zero-order valence-corrected chi connectivity index (χ0v) is 15.9. The summed E-state index contributed by atoms with van der Waals surface area (Å²) < 4.78 is 0. The summed E-state index contributed by atoms with van der Waals surface area (Å²) in [6, 6.07) is 10.4. The standard InChI is InChI=1S/C21H30N3O2/c1-21(2,20(22)26)11-19(25)24-14-17-12-23(13-18(17)15-24)10-6-9-16-7-4-3-5-8-16/h3-5,7-9,17-18H,6,10-15H2,1-2H3,(H2,22,26)/t17-,18?/m0/s1. The summed E-state index contributed by atoms with van der Waals surface area (Å²) in [7, 11) is 0. The fourth-order valence-corrected chi connectivity index (χ4v) is 4.06. The summed E-state index contributed by atoms with van der Waals surface area (Å²) in [6.07, 6.45) is 3.55. The zero-order chi connectivity index (χ0) is 18.7. The van der Waals surface area contributed by atoms with Crippen molar-refractivity contribution >= 4 is 11.8 Å². The molecule has 1 radical (unpaired) electrons. The molecule has 1 unspecified atom stereocenters. The molecule has 1 aromatic rings. The van der Waals surface area contributed by atoms with Crippen molar-refractivity contribution < 1.29 is 9.59 Å². The second-order valence-corrected chi connectivity index (χ2v) is 8.41. The van der Waals surface area contributed by atoms with Crippen molar-refractivity contribution in [3.8, 4) is 0 Å². The average Bonchev–Trinajstić information content (AvgIpc) is 3.14. The molecule has 0 bridgehead atoms. The van der Waals surface area contributed by atoms with Crippen molar-refractivity contribution in [1.82, 2.24) is 9.80 Å². The van der Waals surface area contributed by atoms with Gasteiger partial charge in [0.05, 0.1) is 5.41 Å². The van der Waals surface area contributed by atoms with E-state index >= 15 is 0 Å². The maximum absolute atomic E-state index is 12.5. The Hall–Kier alpha value is -1.88. The van der Waals surface area contributed by atoms with Crippen LogP contribution in [0.2, 0.25) is 0 Å². The SMILES string of the molecule is CC(C)(CC(=O)N1CC2CN(CC[CH]c3ccccc3)C[C@H]2C1)C(N)=O. The third-order valence-electron chi connectivity index (χ3n) is 5.80. The molecule has 26 heavy (non-hydrogen) atoms. The van der Waals surface area contributed by atoms with Gasteiger partial charge in [-0.05, 0) is 36.8 Å². The van der Waals surface area contributed by atoms with Crippen LogP contribution in [-0.4, -0.2) is 54.3 Å². The van der Waals surface area contributed by atoms with E-state index < -0.39 is 11.3 Å². The molecule has 1 aromatic carbocycles. The number of nitrogens with zero attached hydrogens (tertiary/aromatic N) is 2. The molecule has 3 rings (SSSR count). The van der Waals surface area contributed by atoms with E-state index in [1.807, 2.05) is 11.0 Å². The van der Waals surface area contributed by atoms with Crippen LogP contribution in [0.15, 0.2) is 30.3 Å². The molecule has 2 heterocycles. The molecule has 5 heteroatoms. The number of amides is 2. The van der Waals surface area contributed by atoms with Crippen LogP contribution in [0.3, 0.4) is 0 Å². The molecule has 0 saturated carbocycles. The number of hydrogen-bond acceptors (Lipinski definition) is 3. The van der Waals surface area contributed by atoms with E-state index in [1.54, 1.807) is 13.8 Å². The first-order valence-corrected chi connectivity index (χ1v) is 9.53. The maximum Gasteiger partial charge on any atom is 0.223 e. The molecule has 5 nitrogen and oxygen atoms in total. The first-order chi connectivity index (χ1) is 12.3. The minimum Gasteiger partial charge on any atom is -0.369 e. The molecule has 2 amide bonds. The van der Waals surface area contributed by atoms with Crippen LogP contribution in [0.1, 0.15) is 32.3 Å². The summed E-state index contributed by atoms with van der Waals surface area (Å²) in [5.41, 5.74) is 5.91. The fourth-order valence-electron chi connectivity index (χ4n) is 4.06. The highest BCUT2D eigenvalue weighted by Gasteiger charge is 2.42. The van der Waals surface area contributed by atoms with Gasteiger partial charge in [0.15, 0.2) is 0 Å². The number of carbonyl (C=O) groups excluding carboxylic acids is 2. The topological polar surface area (TPSA) is 66.6 Å². The summed E-state index contributed by atoms with van der Waals surface area (Å²) >= 11 is 0. The Morgan fingerprint density at radius 3 is 2.31 bits per heavy atom. The van der Waals surface area contributed by atoms with E-state index in [-0.39, 0.29) is 12.3 Å². The van der Waals surface area contributed by atoms with E-state index in [9.17, 15) is 9.59 Å². The lowest BCUT2D eigenvalue weighted by Gasteiger charge is -2.25. The van der Waals surface area contributed by atoms with E-state index in [0.29, 0.717) is 11.8 Å². The van der Waals surface area contributed by atoms with Crippen molar-refractivity contribution in [2.75, 3.05) is 32.7 Å². The van der Waals surface area contributed by atoms with Gasteiger partial charge in [-0.1, -0.05) is 44.2 Å². The number of carbonyl (C=O) groups is 2. The molecule has 2 aliphatic rings. The molecule has 0 aromatic heterocycles. The van der Waals surface area contributed by atoms with Crippen LogP contribution in [0, 0.1) is 23.7 Å². The molecule has 2 atom stereocenters. The first kappa shape index (κ1) is 18.9. The second-order valence-electron chi connectivity index (χ2n) is 8.41. The largest absolute Gasteiger partial charge is 0.369 e. The first-order valence-electron chi connectivity index (χ1n) is 9.53. The predicted octanol–water partition coefficient (Wildman–Crippen LogP) is 1.92. The minimum absolute atomic E-state index is 0.0622. The van der Waals surface area contributed by atoms with Gasteiger partial charge in [-0.15, -0.1) is 0 Å². The number of fused-ring (bicyclic) bond motifs is 1. The summed E-state index contributed by atoms with van der Waals surface area (Å²) in [5.74, 6) is 0.776. The molecule has 2 N–H and O–H groups in total. The fraction of sp³-hybridized carbons (Fsp3) is 0.571. The molecular formula is C21H30N3O2. The monoisotopic (exact) mass is 356 g/mol. The molecule has 2 aliphatic heterocycles. The Labute approximate surface area is 156 Å². The molecular weight excluding hydrogens is 326 g/mol. The quantitative estimate of drug-likeness (QED) is 0.812. The van der Waals surface area contributed by atoms with Gasteiger partial charge in [-0.2, -0.15) is 0 Å². The van der Waals surface area contributed by atoms with Gasteiger partial charge in [0.25, 0.3) is 0 Å². The predicted molar refractivity (Wildman–Crippen MR) is 102 cm³/mol. The highest BCUT2D eigenvalue weighted by Crippen LogP contribution is 2.33. The average molecular weight is 356 g/mol. The third-order valence-corrected chi connectivity index (χ3v) is 5.80. The van der Waals surface area contributed by atoms with Crippen LogP contribution >= 0.6 is 0 Å². The van der Waals surface area contributed by atoms with Gasteiger partial charge in [0, 0.05) is 32.6 Å². The summed E-state index contributed by atoms with van der Waals surface area (Å²) in [5, 5.41) is 0. The van der Waals surface area contributed by atoms with E-state index in [0.717, 1.165) is 39.1 Å². The van der Waals surface area contributed by atoms with Gasteiger partial charge in [0.2, 0.25) is 11.8 Å². The molecule has 141 valence electrons. The summed E-state index contributed by atoms with van der Waals surface area (Å²) in [4.78, 5) is 28.4. The lowest BCUT2D eigenvalue weighted by molar-refractivity contribution is -0.138. The highest BCUT2D eigenvalue weighted by atomic mass is 16.2. The normalized spacial score (nSPS) is 23.2. The molecule has 2 saturated heterocycles. The zero-order valence-electron chi connectivity index (χ0n) is 15.9. The van der Waals surface area contributed by atoms with Crippen molar-refractivity contribution in [3.63, 3.8) is 0 Å². The van der Waals surface area contributed by atoms with E-state index in [4.69, 9.17) is 5.73 Å². The number of hydrogen-bond donors (Lipinski definition) is 1. The number of benzene rings is 1. The maximum atomic E-state index is 12.5. The number of primary amides is 1. The third kappa shape index (κ3) is 4.44. The lowest BCUT2D eigenvalue weighted by atomic mass is 9.88. The van der Waals surface area contributed by atoms with Crippen molar-refractivity contribution in [2.45, 2.75) is 26.7 Å². The van der Waals surface area contributed by atoms with Crippen molar-refractivity contribution in [3.05, 3.63) is 42.3 Å². The van der Waals surface area contributed by atoms with Gasteiger partial charge in [-0.3, -0.25) is 9.59 Å². The van der Waals surface area contributed by atoms with Gasteiger partial charge in [0.1, 0.15) is 0 Å². The Bertz CT molecular complexity index is 630. The number of likely N-dealkylation sites (tertiary alicyclic amines) is 2. The molecule has 0 spiro atoms. The summed E-state index contributed by atoms with van der Waals surface area (Å²) in [6.45, 7) is 8.33. The highest BCUT2D eigenvalue weighted by molar-refractivity contribution is 5.87. The van der Waals surface area contributed by atoms with Crippen molar-refractivity contribution in [2.24, 2.45) is 23.0 Å². The van der Waals surface area contributed by atoms with Gasteiger partial charge in [-0.25, -0.2) is 0 Å². The Balaban J connectivity index is 1.41. The van der Waals surface area contributed by atoms with Crippen LogP contribution in [-0.2, 0) is 9.59 Å². The van der Waals surface area contributed by atoms with Gasteiger partial charge < -0.3 is 15.5 Å². The molecule has 2 fully saturated rings. The second kappa shape index (κ2) is 7.78. The lowest BCUT2D eigenvalue weighted by Crippen LogP contribution is -2.40. The Kier molecular flexibility index (Phi) is 5.66. The minimum atomic E-state index is -0.770. The van der Waals surface area contributed by atoms with Crippen LogP contribution in [0.5, 0.6) is 0 Å².